The van der Waals surface area contributed by atoms with Crippen molar-refractivity contribution >= 4 is 5.97 Å². The maximum atomic E-state index is 10.0. The van der Waals surface area contributed by atoms with E-state index in [9.17, 15) is 9.90 Å². The summed E-state index contributed by atoms with van der Waals surface area (Å²) in [5, 5.41) is 10.0. The van der Waals surface area contributed by atoms with Gasteiger partial charge in [-0.3, -0.25) is 0 Å². The standard InChI is InChI=1S/C10H20O2.C8H9.CH3O.Hg/c1-10(2,3)8-6-4-5-7-9(11)12;1-2-8-6-4-3-5-7-8;1-2;/h4-8H2,1-3H3,(H,11,12);3-7H,1-2H2;1H3;/q;;-1;+1/p-1. The molecule has 128 valence electrons. The number of hydrogen-bond donors (Lipinski definition) is 0. The second-order valence-corrected chi connectivity index (χ2v) is 13.7. The molecule has 3 nitrogen and oxygen atoms in total. The fourth-order valence-electron chi connectivity index (χ4n) is 2.17. The van der Waals surface area contributed by atoms with Crippen molar-refractivity contribution in [1.82, 2.24) is 0 Å². The average molecular weight is 508 g/mol. The summed E-state index contributed by atoms with van der Waals surface area (Å²) in [4.78, 5) is 10.0. The zero-order valence-corrected chi connectivity index (χ0v) is 20.8. The van der Waals surface area contributed by atoms with E-state index in [2.05, 4.69) is 51.1 Å². The van der Waals surface area contributed by atoms with Crippen molar-refractivity contribution in [2.45, 2.75) is 63.2 Å². The Balaban J connectivity index is 0.000000422. The quantitative estimate of drug-likeness (QED) is 0.374. The fourth-order valence-corrected chi connectivity index (χ4v) is 5.44. The van der Waals surface area contributed by atoms with E-state index in [1.165, 1.54) is 22.3 Å². The third-order valence-electron chi connectivity index (χ3n) is 3.46. The number of carboxylic acids is 1. The summed E-state index contributed by atoms with van der Waals surface area (Å²) in [5.74, 6) is -0.925. The van der Waals surface area contributed by atoms with E-state index < -0.39 is 31.0 Å². The van der Waals surface area contributed by atoms with Gasteiger partial charge >= 0.3 is 81.0 Å². The van der Waals surface area contributed by atoms with Crippen LogP contribution in [0.4, 0.5) is 0 Å². The minimum absolute atomic E-state index is 0.212. The van der Waals surface area contributed by atoms with Gasteiger partial charge in [-0.15, -0.1) is 0 Å². The number of unbranched alkanes of at least 4 members (excludes halogenated alkanes) is 2. The topological polar surface area (TPSA) is 49.4 Å². The van der Waals surface area contributed by atoms with E-state index in [1.807, 2.05) is 7.11 Å². The molecule has 0 aliphatic carbocycles. The zero-order valence-electron chi connectivity index (χ0n) is 15.3. The Morgan fingerprint density at radius 3 is 2.30 bits per heavy atom. The molecule has 0 saturated carbocycles. The molecule has 0 fully saturated rings. The van der Waals surface area contributed by atoms with Gasteiger partial charge in [0.1, 0.15) is 0 Å². The second kappa shape index (κ2) is 14.0. The Morgan fingerprint density at radius 2 is 1.78 bits per heavy atom. The SMILES string of the molecule is CC(C)(C)CCCCCC(=O)[O-].C[O][Hg][CH2]Cc1ccccc1. The summed E-state index contributed by atoms with van der Waals surface area (Å²) in [6.45, 7) is 6.60. The van der Waals surface area contributed by atoms with Gasteiger partial charge in [-0.2, -0.15) is 0 Å². The molecule has 0 unspecified atom stereocenters. The van der Waals surface area contributed by atoms with E-state index in [1.54, 1.807) is 0 Å². The van der Waals surface area contributed by atoms with E-state index in [0.29, 0.717) is 5.41 Å². The maximum absolute atomic E-state index is 10.0. The van der Waals surface area contributed by atoms with Crippen LogP contribution in [0.2, 0.25) is 3.93 Å². The Morgan fingerprint density at radius 1 is 1.13 bits per heavy atom. The van der Waals surface area contributed by atoms with Gasteiger partial charge < -0.3 is 9.90 Å². The van der Waals surface area contributed by atoms with Gasteiger partial charge in [0.05, 0.1) is 0 Å². The van der Waals surface area contributed by atoms with Gasteiger partial charge in [0, 0.05) is 5.97 Å². The van der Waals surface area contributed by atoms with Crippen molar-refractivity contribution in [3.05, 3.63) is 35.9 Å². The fraction of sp³-hybridized carbons (Fsp3) is 0.632. The van der Waals surface area contributed by atoms with Gasteiger partial charge in [0.2, 0.25) is 0 Å². The molecule has 1 rings (SSSR count). The first-order chi connectivity index (χ1) is 10.8. The Kier molecular flexibility index (Phi) is 13.7. The summed E-state index contributed by atoms with van der Waals surface area (Å²) in [5.41, 5.74) is 1.83. The molecule has 0 amide bonds. The normalized spacial score (nSPS) is 10.4. The summed E-state index contributed by atoms with van der Waals surface area (Å²) in [6.07, 6.45) is 5.49. The number of carbonyl (C=O) groups excluding carboxylic acids is 1. The molecular formula is C19H31HgO3-. The predicted molar refractivity (Wildman–Crippen MR) is 89.5 cm³/mol. The Bertz CT molecular complexity index is 399. The second-order valence-electron chi connectivity index (χ2n) is 7.08. The third kappa shape index (κ3) is 17.8. The van der Waals surface area contributed by atoms with Crippen LogP contribution in [0.3, 0.4) is 0 Å². The van der Waals surface area contributed by atoms with Gasteiger partial charge in [-0.1, -0.05) is 33.6 Å². The molecule has 4 heteroatoms. The van der Waals surface area contributed by atoms with Crippen LogP contribution in [0.5, 0.6) is 0 Å². The van der Waals surface area contributed by atoms with Crippen molar-refractivity contribution in [3.8, 4) is 0 Å². The molecule has 1 aromatic carbocycles. The van der Waals surface area contributed by atoms with Crippen LogP contribution in [0.15, 0.2) is 30.3 Å². The number of carbonyl (C=O) groups is 1. The van der Waals surface area contributed by atoms with Crippen molar-refractivity contribution in [2.75, 3.05) is 7.11 Å². The van der Waals surface area contributed by atoms with E-state index >= 15 is 0 Å². The summed E-state index contributed by atoms with van der Waals surface area (Å²) >= 11 is -0.869. The van der Waals surface area contributed by atoms with Gasteiger partial charge in [-0.25, -0.2) is 0 Å². The number of aryl methyl sites for hydroxylation is 1. The molecule has 0 aliphatic rings. The van der Waals surface area contributed by atoms with Gasteiger partial charge in [-0.05, 0) is 24.7 Å². The van der Waals surface area contributed by atoms with Crippen LogP contribution in [0.25, 0.3) is 0 Å². The first-order valence-corrected chi connectivity index (χ1v) is 14.7. The number of benzene rings is 1. The molecule has 0 saturated heterocycles. The Labute approximate surface area is 154 Å². The van der Waals surface area contributed by atoms with Crippen molar-refractivity contribution in [2.24, 2.45) is 5.41 Å². The van der Waals surface area contributed by atoms with Crippen LogP contribution >= 0.6 is 0 Å². The molecule has 23 heavy (non-hydrogen) atoms. The van der Waals surface area contributed by atoms with Crippen LogP contribution < -0.4 is 5.11 Å². The van der Waals surface area contributed by atoms with E-state index in [0.717, 1.165) is 19.3 Å². The van der Waals surface area contributed by atoms with Crippen LogP contribution in [-0.4, -0.2) is 13.1 Å². The summed E-state index contributed by atoms with van der Waals surface area (Å²) < 4.78 is 6.52. The minimum atomic E-state index is -0.925. The van der Waals surface area contributed by atoms with Crippen molar-refractivity contribution in [3.63, 3.8) is 0 Å². The monoisotopic (exact) mass is 509 g/mol. The predicted octanol–water partition coefficient (Wildman–Crippen LogP) is 4.02. The zero-order chi connectivity index (χ0) is 17.6. The first-order valence-electron chi connectivity index (χ1n) is 8.58. The molecule has 0 N–H and O–H groups in total. The van der Waals surface area contributed by atoms with E-state index in [4.69, 9.17) is 2.64 Å². The molecule has 0 bridgehead atoms. The van der Waals surface area contributed by atoms with Crippen molar-refractivity contribution in [1.29, 1.82) is 0 Å². The number of aliphatic carboxylic acids is 1. The number of rotatable bonds is 9. The van der Waals surface area contributed by atoms with Crippen LogP contribution in [0, 0.1) is 5.41 Å². The molecule has 0 atom stereocenters. The third-order valence-corrected chi connectivity index (χ3v) is 7.55. The van der Waals surface area contributed by atoms with Crippen LogP contribution in [0.1, 0.15) is 58.4 Å². The molecule has 0 spiro atoms. The van der Waals surface area contributed by atoms with Crippen LogP contribution in [-0.2, 0) is 38.9 Å². The van der Waals surface area contributed by atoms with Gasteiger partial charge in [0.15, 0.2) is 0 Å². The summed E-state index contributed by atoms with van der Waals surface area (Å²) in [6, 6.07) is 10.6. The average Bonchev–Trinajstić information content (AvgIpc) is 2.47. The molecule has 0 heterocycles. The van der Waals surface area contributed by atoms with E-state index in [-0.39, 0.29) is 6.42 Å². The van der Waals surface area contributed by atoms with Gasteiger partial charge in [0.25, 0.3) is 0 Å². The number of carboxylic acid groups (broad SMARTS) is 1. The summed E-state index contributed by atoms with van der Waals surface area (Å²) in [7, 11) is 1.84. The molecular weight excluding hydrogens is 477 g/mol. The molecule has 0 aromatic heterocycles. The first kappa shape index (κ1) is 22.6. The molecule has 1 aromatic rings. The Hall–Kier alpha value is -0.415. The molecule has 0 radical (unpaired) electrons. The number of hydrogen-bond acceptors (Lipinski definition) is 3. The molecule has 0 aliphatic heterocycles. The van der Waals surface area contributed by atoms with Crippen molar-refractivity contribution < 1.29 is 37.6 Å².